The van der Waals surface area contributed by atoms with E-state index in [0.717, 1.165) is 13.1 Å². The predicted molar refractivity (Wildman–Crippen MR) is 99.9 cm³/mol. The molecule has 1 aliphatic heterocycles. The van der Waals surface area contributed by atoms with Crippen LogP contribution in [0.3, 0.4) is 0 Å². The molecule has 2 aromatic rings. The number of rotatable bonds is 3. The maximum atomic E-state index is 14.1. The number of nitrogens with zero attached hydrogens (tertiary/aromatic N) is 3. The molecule has 0 N–H and O–H groups in total. The molecule has 0 bridgehead atoms. The summed E-state index contributed by atoms with van der Waals surface area (Å²) in [6.07, 6.45) is 0. The zero-order valence-corrected chi connectivity index (χ0v) is 16.1. The highest BCUT2D eigenvalue weighted by molar-refractivity contribution is 7.17. The SMILES string of the molecule is Cc1nc(-c2ccc(Cl)cc2F)sc1C(=O)N1CCN(C(C)C)CC1. The Morgan fingerprint density at radius 3 is 2.56 bits per heavy atom. The lowest BCUT2D eigenvalue weighted by Crippen LogP contribution is -2.50. The van der Waals surface area contributed by atoms with E-state index in [1.807, 2.05) is 4.90 Å². The lowest BCUT2D eigenvalue weighted by molar-refractivity contribution is 0.0599. The van der Waals surface area contributed by atoms with Crippen LogP contribution in [0.5, 0.6) is 0 Å². The van der Waals surface area contributed by atoms with Crippen molar-refractivity contribution in [3.05, 3.63) is 39.6 Å². The first kappa shape index (κ1) is 18.3. The summed E-state index contributed by atoms with van der Waals surface area (Å²) in [7, 11) is 0. The minimum absolute atomic E-state index is 0.0148. The Kier molecular flexibility index (Phi) is 5.41. The Balaban J connectivity index is 1.80. The molecule has 134 valence electrons. The van der Waals surface area contributed by atoms with Gasteiger partial charge in [-0.1, -0.05) is 11.6 Å². The number of halogens is 2. The molecule has 2 heterocycles. The molecule has 0 saturated carbocycles. The third-order valence-electron chi connectivity index (χ3n) is 4.48. The van der Waals surface area contributed by atoms with Crippen LogP contribution in [0.4, 0.5) is 4.39 Å². The van der Waals surface area contributed by atoms with Crippen LogP contribution in [0.2, 0.25) is 5.02 Å². The van der Waals surface area contributed by atoms with Gasteiger partial charge in [-0.2, -0.15) is 0 Å². The first-order valence-corrected chi connectivity index (χ1v) is 9.52. The molecular weight excluding hydrogens is 361 g/mol. The molecule has 3 rings (SSSR count). The Bertz CT molecular complexity index is 785. The summed E-state index contributed by atoms with van der Waals surface area (Å²) >= 11 is 7.05. The second-order valence-electron chi connectivity index (χ2n) is 6.48. The van der Waals surface area contributed by atoms with Crippen LogP contribution in [-0.2, 0) is 0 Å². The quantitative estimate of drug-likeness (QED) is 0.803. The molecule has 0 aliphatic carbocycles. The average Bonchev–Trinajstić information content (AvgIpc) is 2.95. The Labute approximate surface area is 156 Å². The molecule has 0 atom stereocenters. The van der Waals surface area contributed by atoms with Gasteiger partial charge in [0, 0.05) is 42.8 Å². The highest BCUT2D eigenvalue weighted by atomic mass is 35.5. The monoisotopic (exact) mass is 381 g/mol. The van der Waals surface area contributed by atoms with Crippen molar-refractivity contribution in [3.8, 4) is 10.6 Å². The van der Waals surface area contributed by atoms with E-state index < -0.39 is 5.82 Å². The van der Waals surface area contributed by atoms with E-state index in [4.69, 9.17) is 11.6 Å². The summed E-state index contributed by atoms with van der Waals surface area (Å²) in [4.78, 5) is 22.1. The number of aromatic nitrogens is 1. The van der Waals surface area contributed by atoms with Crippen LogP contribution in [0.1, 0.15) is 29.2 Å². The summed E-state index contributed by atoms with van der Waals surface area (Å²) in [6, 6.07) is 4.98. The number of benzene rings is 1. The fourth-order valence-electron chi connectivity index (χ4n) is 2.96. The fraction of sp³-hybridized carbons (Fsp3) is 0.444. The van der Waals surface area contributed by atoms with E-state index in [2.05, 4.69) is 23.7 Å². The molecule has 0 radical (unpaired) electrons. The van der Waals surface area contributed by atoms with Crippen molar-refractivity contribution in [3.63, 3.8) is 0 Å². The van der Waals surface area contributed by atoms with Gasteiger partial charge >= 0.3 is 0 Å². The number of hydrogen-bond donors (Lipinski definition) is 0. The summed E-state index contributed by atoms with van der Waals surface area (Å²) in [5.41, 5.74) is 1.02. The highest BCUT2D eigenvalue weighted by Crippen LogP contribution is 2.32. The minimum atomic E-state index is -0.425. The van der Waals surface area contributed by atoms with Crippen molar-refractivity contribution in [1.29, 1.82) is 0 Å². The molecule has 1 aliphatic rings. The number of thiazole rings is 1. The van der Waals surface area contributed by atoms with Crippen LogP contribution in [0.15, 0.2) is 18.2 Å². The lowest BCUT2D eigenvalue weighted by Gasteiger charge is -2.36. The molecule has 1 aromatic heterocycles. The van der Waals surface area contributed by atoms with Gasteiger partial charge in [0.2, 0.25) is 0 Å². The van der Waals surface area contributed by atoms with Crippen molar-refractivity contribution in [1.82, 2.24) is 14.8 Å². The first-order valence-electron chi connectivity index (χ1n) is 8.33. The molecule has 7 heteroatoms. The Morgan fingerprint density at radius 2 is 1.96 bits per heavy atom. The second-order valence-corrected chi connectivity index (χ2v) is 7.92. The van der Waals surface area contributed by atoms with E-state index in [0.29, 0.717) is 45.3 Å². The van der Waals surface area contributed by atoms with Crippen LogP contribution in [-0.4, -0.2) is 52.9 Å². The van der Waals surface area contributed by atoms with E-state index in [-0.39, 0.29) is 5.91 Å². The van der Waals surface area contributed by atoms with Gasteiger partial charge in [-0.3, -0.25) is 9.69 Å². The van der Waals surface area contributed by atoms with Gasteiger partial charge in [0.25, 0.3) is 5.91 Å². The van der Waals surface area contributed by atoms with Crippen molar-refractivity contribution in [2.24, 2.45) is 0 Å². The zero-order chi connectivity index (χ0) is 18.1. The van der Waals surface area contributed by atoms with E-state index in [1.165, 1.54) is 17.4 Å². The van der Waals surface area contributed by atoms with E-state index in [1.54, 1.807) is 19.1 Å². The Hall–Kier alpha value is -1.50. The van der Waals surface area contributed by atoms with Gasteiger partial charge in [0.15, 0.2) is 0 Å². The molecule has 0 spiro atoms. The van der Waals surface area contributed by atoms with Gasteiger partial charge in [-0.25, -0.2) is 9.37 Å². The third-order valence-corrected chi connectivity index (χ3v) is 5.90. The highest BCUT2D eigenvalue weighted by Gasteiger charge is 2.26. The summed E-state index contributed by atoms with van der Waals surface area (Å²) in [6.45, 7) is 9.29. The first-order chi connectivity index (χ1) is 11.9. The molecule has 0 unspecified atom stereocenters. The summed E-state index contributed by atoms with van der Waals surface area (Å²) in [5, 5.41) is 0.852. The van der Waals surface area contributed by atoms with Gasteiger partial charge in [0.1, 0.15) is 15.7 Å². The standard InChI is InChI=1S/C18H21ClFN3OS/c1-11(2)22-6-8-23(9-7-22)18(24)16-12(3)21-17(25-16)14-5-4-13(19)10-15(14)20/h4-5,10-11H,6-9H2,1-3H3. The van der Waals surface area contributed by atoms with Crippen LogP contribution in [0.25, 0.3) is 10.6 Å². The molecule has 25 heavy (non-hydrogen) atoms. The average molecular weight is 382 g/mol. The van der Waals surface area contributed by atoms with Crippen LogP contribution < -0.4 is 0 Å². The molecule has 1 saturated heterocycles. The molecular formula is C18H21ClFN3OS. The predicted octanol–water partition coefficient (Wildman–Crippen LogP) is 4.08. The number of amides is 1. The number of hydrogen-bond acceptors (Lipinski definition) is 4. The molecule has 1 amide bonds. The van der Waals surface area contributed by atoms with Crippen molar-refractivity contribution in [2.75, 3.05) is 26.2 Å². The summed E-state index contributed by atoms with van der Waals surface area (Å²) in [5.74, 6) is -0.440. The van der Waals surface area contributed by atoms with Gasteiger partial charge < -0.3 is 4.90 Å². The lowest BCUT2D eigenvalue weighted by atomic mass is 10.2. The zero-order valence-electron chi connectivity index (χ0n) is 14.6. The normalized spacial score (nSPS) is 15.8. The maximum absolute atomic E-state index is 14.1. The van der Waals surface area contributed by atoms with E-state index >= 15 is 0 Å². The number of aryl methyl sites for hydroxylation is 1. The third kappa shape index (κ3) is 3.86. The number of carbonyl (C=O) groups is 1. The maximum Gasteiger partial charge on any atom is 0.265 e. The van der Waals surface area contributed by atoms with E-state index in [9.17, 15) is 9.18 Å². The minimum Gasteiger partial charge on any atom is -0.335 e. The second kappa shape index (κ2) is 7.40. The van der Waals surface area contributed by atoms with Crippen LogP contribution in [0, 0.1) is 12.7 Å². The van der Waals surface area contributed by atoms with Gasteiger partial charge in [0.05, 0.1) is 5.69 Å². The molecule has 4 nitrogen and oxygen atoms in total. The van der Waals surface area contributed by atoms with Gasteiger partial charge in [-0.15, -0.1) is 11.3 Å². The van der Waals surface area contributed by atoms with Crippen LogP contribution >= 0.6 is 22.9 Å². The number of piperazine rings is 1. The topological polar surface area (TPSA) is 36.4 Å². The smallest absolute Gasteiger partial charge is 0.265 e. The fourth-order valence-corrected chi connectivity index (χ4v) is 4.18. The Morgan fingerprint density at radius 1 is 1.28 bits per heavy atom. The van der Waals surface area contributed by atoms with Crippen molar-refractivity contribution < 1.29 is 9.18 Å². The molecule has 1 fully saturated rings. The van der Waals surface area contributed by atoms with Crippen molar-refractivity contribution in [2.45, 2.75) is 26.8 Å². The summed E-state index contributed by atoms with van der Waals surface area (Å²) < 4.78 is 14.1. The molecule has 1 aromatic carbocycles. The largest absolute Gasteiger partial charge is 0.335 e. The van der Waals surface area contributed by atoms with Gasteiger partial charge in [-0.05, 0) is 39.0 Å². The number of carbonyl (C=O) groups excluding carboxylic acids is 1. The van der Waals surface area contributed by atoms with Crippen molar-refractivity contribution >= 4 is 28.8 Å².